The van der Waals surface area contributed by atoms with Crippen LogP contribution in [0.4, 0.5) is 0 Å². The van der Waals surface area contributed by atoms with Gasteiger partial charge in [0.25, 0.3) is 0 Å². The Bertz CT molecular complexity index is 463. The van der Waals surface area contributed by atoms with Crippen LogP contribution in [0.5, 0.6) is 5.75 Å². The van der Waals surface area contributed by atoms with Crippen molar-refractivity contribution >= 4 is 5.96 Å². The fraction of sp³-hybridized carbons (Fsp3) is 0.273. The molecule has 0 amide bonds. The van der Waals surface area contributed by atoms with Gasteiger partial charge in [-0.2, -0.15) is 5.26 Å². The molecule has 5 nitrogen and oxygen atoms in total. The molecule has 1 aromatic carbocycles. The molecule has 1 aliphatic rings. The molecule has 0 aliphatic carbocycles. The molecular weight excluding hydrogens is 204 g/mol. The van der Waals surface area contributed by atoms with Crippen molar-refractivity contribution in [2.45, 2.75) is 6.04 Å². The number of nitrogens with two attached hydrogens (primary N) is 1. The Morgan fingerprint density at radius 3 is 3.12 bits per heavy atom. The highest BCUT2D eigenvalue weighted by Gasteiger charge is 2.27. The van der Waals surface area contributed by atoms with Gasteiger partial charge in [0.2, 0.25) is 5.96 Å². The van der Waals surface area contributed by atoms with Crippen molar-refractivity contribution in [2.75, 3.05) is 13.7 Å². The van der Waals surface area contributed by atoms with Gasteiger partial charge in [-0.25, -0.2) is 9.89 Å². The lowest BCUT2D eigenvalue weighted by atomic mass is 10.1. The number of methoxy groups -OCH3 is 1. The lowest BCUT2D eigenvalue weighted by Crippen LogP contribution is -2.31. The molecular formula is C11H12N4O. The molecule has 82 valence electrons. The number of guanidine groups is 1. The standard InChI is InChI=1S/C11H12N4O/c1-16-9-4-2-3-8(5-9)10-6-14-11(13)15(10)7-12/h2-5,10H,6H2,1H3,(H2,13,14). The van der Waals surface area contributed by atoms with Crippen LogP contribution >= 0.6 is 0 Å². The van der Waals surface area contributed by atoms with Crippen molar-refractivity contribution < 1.29 is 4.74 Å². The highest BCUT2D eigenvalue weighted by molar-refractivity contribution is 5.82. The van der Waals surface area contributed by atoms with E-state index in [1.165, 1.54) is 4.90 Å². The van der Waals surface area contributed by atoms with Gasteiger partial charge >= 0.3 is 0 Å². The molecule has 5 heteroatoms. The number of rotatable bonds is 2. The number of benzene rings is 1. The van der Waals surface area contributed by atoms with Crippen LogP contribution in [0.1, 0.15) is 11.6 Å². The zero-order chi connectivity index (χ0) is 11.5. The molecule has 0 saturated carbocycles. The molecule has 2 N–H and O–H groups in total. The van der Waals surface area contributed by atoms with Gasteiger partial charge in [-0.1, -0.05) is 12.1 Å². The highest BCUT2D eigenvalue weighted by atomic mass is 16.5. The van der Waals surface area contributed by atoms with E-state index in [2.05, 4.69) is 4.99 Å². The van der Waals surface area contributed by atoms with E-state index in [-0.39, 0.29) is 12.0 Å². The lowest BCUT2D eigenvalue weighted by Gasteiger charge is -2.18. The van der Waals surface area contributed by atoms with E-state index in [1.807, 2.05) is 30.5 Å². The van der Waals surface area contributed by atoms with Gasteiger partial charge in [0, 0.05) is 0 Å². The summed E-state index contributed by atoms with van der Waals surface area (Å²) >= 11 is 0. The zero-order valence-electron chi connectivity index (χ0n) is 8.92. The van der Waals surface area contributed by atoms with Gasteiger partial charge in [0.05, 0.1) is 19.7 Å². The summed E-state index contributed by atoms with van der Waals surface area (Å²) in [5, 5.41) is 8.98. The Hall–Kier alpha value is -2.22. The molecule has 1 atom stereocenters. The van der Waals surface area contributed by atoms with E-state index in [0.717, 1.165) is 11.3 Å². The third kappa shape index (κ3) is 1.65. The highest BCUT2D eigenvalue weighted by Crippen LogP contribution is 2.27. The van der Waals surface area contributed by atoms with E-state index in [9.17, 15) is 0 Å². The molecule has 1 aliphatic heterocycles. The number of ether oxygens (including phenoxy) is 1. The second-order valence-corrected chi connectivity index (χ2v) is 3.46. The van der Waals surface area contributed by atoms with E-state index in [1.54, 1.807) is 7.11 Å². The minimum atomic E-state index is -0.111. The lowest BCUT2D eigenvalue weighted by molar-refractivity contribution is 0.410. The minimum absolute atomic E-state index is 0.111. The summed E-state index contributed by atoms with van der Waals surface area (Å²) in [6, 6.07) is 7.46. The van der Waals surface area contributed by atoms with Crippen molar-refractivity contribution in [3.63, 3.8) is 0 Å². The monoisotopic (exact) mass is 216 g/mol. The van der Waals surface area contributed by atoms with Crippen LogP contribution in [0.15, 0.2) is 29.3 Å². The second-order valence-electron chi connectivity index (χ2n) is 3.46. The summed E-state index contributed by atoms with van der Waals surface area (Å²) in [7, 11) is 1.61. The van der Waals surface area contributed by atoms with Crippen LogP contribution in [-0.2, 0) is 0 Å². The zero-order valence-corrected chi connectivity index (χ0v) is 8.92. The van der Waals surface area contributed by atoms with Crippen LogP contribution in [0, 0.1) is 11.5 Å². The number of nitrogens with zero attached hydrogens (tertiary/aromatic N) is 3. The predicted octanol–water partition coefficient (Wildman–Crippen LogP) is 0.848. The predicted molar refractivity (Wildman–Crippen MR) is 59.7 cm³/mol. The number of aliphatic imine (C=N–C) groups is 1. The molecule has 0 bridgehead atoms. The fourth-order valence-corrected chi connectivity index (χ4v) is 1.72. The molecule has 0 fully saturated rings. The Labute approximate surface area is 93.8 Å². The summed E-state index contributed by atoms with van der Waals surface area (Å²) in [5.41, 5.74) is 6.59. The van der Waals surface area contributed by atoms with Gasteiger partial charge in [-0.05, 0) is 17.7 Å². The van der Waals surface area contributed by atoms with Gasteiger partial charge < -0.3 is 10.5 Å². The SMILES string of the molecule is COc1cccc(C2CN=C(N)N2C#N)c1. The van der Waals surface area contributed by atoms with E-state index < -0.39 is 0 Å². The van der Waals surface area contributed by atoms with E-state index >= 15 is 0 Å². The first-order chi connectivity index (χ1) is 7.76. The van der Waals surface area contributed by atoms with Crippen LogP contribution in [0.2, 0.25) is 0 Å². The van der Waals surface area contributed by atoms with Crippen LogP contribution in [0.25, 0.3) is 0 Å². The average molecular weight is 216 g/mol. The summed E-state index contributed by atoms with van der Waals surface area (Å²) in [4.78, 5) is 5.47. The third-order valence-electron chi connectivity index (χ3n) is 2.57. The van der Waals surface area contributed by atoms with Gasteiger partial charge in [0.1, 0.15) is 5.75 Å². The van der Waals surface area contributed by atoms with E-state index in [4.69, 9.17) is 15.7 Å². The van der Waals surface area contributed by atoms with Crippen LogP contribution < -0.4 is 10.5 Å². The molecule has 16 heavy (non-hydrogen) atoms. The molecule has 1 aromatic rings. The molecule has 0 spiro atoms. The third-order valence-corrected chi connectivity index (χ3v) is 2.57. The maximum Gasteiger partial charge on any atom is 0.205 e. The minimum Gasteiger partial charge on any atom is -0.497 e. The molecule has 0 aromatic heterocycles. The summed E-state index contributed by atoms with van der Waals surface area (Å²) in [6.07, 6.45) is 2.04. The summed E-state index contributed by atoms with van der Waals surface area (Å²) < 4.78 is 5.14. The normalized spacial score (nSPS) is 19.1. The quantitative estimate of drug-likeness (QED) is 0.743. The maximum atomic E-state index is 8.98. The van der Waals surface area contributed by atoms with Gasteiger partial charge in [0.15, 0.2) is 6.19 Å². The number of nitriles is 1. The van der Waals surface area contributed by atoms with Crippen molar-refractivity contribution in [2.24, 2.45) is 10.7 Å². The van der Waals surface area contributed by atoms with Crippen LogP contribution in [-0.4, -0.2) is 24.5 Å². The Morgan fingerprint density at radius 2 is 2.44 bits per heavy atom. The fourth-order valence-electron chi connectivity index (χ4n) is 1.72. The summed E-state index contributed by atoms with van der Waals surface area (Å²) in [5.74, 6) is 1.04. The molecule has 1 unspecified atom stereocenters. The Balaban J connectivity index is 2.29. The topological polar surface area (TPSA) is 74.6 Å². The molecule has 1 heterocycles. The van der Waals surface area contributed by atoms with Crippen molar-refractivity contribution in [3.8, 4) is 11.9 Å². The van der Waals surface area contributed by atoms with Gasteiger partial charge in [-0.3, -0.25) is 0 Å². The van der Waals surface area contributed by atoms with Gasteiger partial charge in [-0.15, -0.1) is 0 Å². The smallest absolute Gasteiger partial charge is 0.205 e. The first-order valence-electron chi connectivity index (χ1n) is 4.89. The van der Waals surface area contributed by atoms with Crippen molar-refractivity contribution in [1.29, 1.82) is 5.26 Å². The Morgan fingerprint density at radius 1 is 1.62 bits per heavy atom. The van der Waals surface area contributed by atoms with Crippen molar-refractivity contribution in [1.82, 2.24) is 4.90 Å². The van der Waals surface area contributed by atoms with Crippen LogP contribution in [0.3, 0.4) is 0 Å². The molecule has 0 radical (unpaired) electrons. The second kappa shape index (κ2) is 4.11. The molecule has 2 rings (SSSR count). The largest absolute Gasteiger partial charge is 0.497 e. The first-order valence-corrected chi connectivity index (χ1v) is 4.89. The first kappa shape index (κ1) is 10.3. The maximum absolute atomic E-state index is 8.98. The number of hydrogen-bond acceptors (Lipinski definition) is 5. The average Bonchev–Trinajstić information content (AvgIpc) is 2.70. The van der Waals surface area contributed by atoms with Crippen molar-refractivity contribution in [3.05, 3.63) is 29.8 Å². The molecule has 0 saturated heterocycles. The number of hydrogen-bond donors (Lipinski definition) is 1. The summed E-state index contributed by atoms with van der Waals surface area (Å²) in [6.45, 7) is 0.507. The Kier molecular flexibility index (Phi) is 2.64. The van der Waals surface area contributed by atoms with E-state index in [0.29, 0.717) is 6.54 Å².